The molecule has 0 aliphatic rings. The molecule has 1 amide bonds. The van der Waals surface area contributed by atoms with Crippen molar-refractivity contribution in [3.63, 3.8) is 0 Å². The van der Waals surface area contributed by atoms with Crippen molar-refractivity contribution in [2.75, 3.05) is 4.90 Å². The smallest absolute Gasteiger partial charge is 0.480 e. The minimum absolute atomic E-state index is 0. The molecule has 1 N–H and O–H groups in total. The number of carbonyl (C=O) groups is 2. The van der Waals surface area contributed by atoms with Gasteiger partial charge in [-0.05, 0) is 12.6 Å². The van der Waals surface area contributed by atoms with Crippen LogP contribution in [0.4, 0.5) is 5.69 Å². The predicted molar refractivity (Wildman–Crippen MR) is 69.7 cm³/mol. The normalized spacial score (nSPS) is 10.4. The predicted octanol–water partition coefficient (Wildman–Crippen LogP) is 2.24. The SMILES string of the molecule is C[C@@H](C(=O)O)N(C=O)[c-]1cccc1.[Fe+2].c1cc[cH-]c1. The van der Waals surface area contributed by atoms with Crippen molar-refractivity contribution in [2.45, 2.75) is 13.0 Å². The van der Waals surface area contributed by atoms with Gasteiger partial charge in [0.1, 0.15) is 12.5 Å². The molecule has 0 spiro atoms. The molecule has 1 atom stereocenters. The summed E-state index contributed by atoms with van der Waals surface area (Å²) in [5, 5.41) is 8.68. The van der Waals surface area contributed by atoms with E-state index in [0.29, 0.717) is 12.1 Å². The zero-order valence-corrected chi connectivity index (χ0v) is 11.5. The number of rotatable bonds is 4. The van der Waals surface area contributed by atoms with E-state index in [1.165, 1.54) is 11.8 Å². The van der Waals surface area contributed by atoms with E-state index >= 15 is 0 Å². The summed E-state index contributed by atoms with van der Waals surface area (Å²) in [5.74, 6) is -1.02. The first-order valence-electron chi connectivity index (χ1n) is 5.51. The van der Waals surface area contributed by atoms with Crippen LogP contribution in [-0.4, -0.2) is 23.5 Å². The molecule has 0 saturated heterocycles. The zero-order chi connectivity index (χ0) is 13.4. The van der Waals surface area contributed by atoms with E-state index in [0.717, 1.165) is 0 Å². The Balaban J connectivity index is 0.000000454. The van der Waals surface area contributed by atoms with Crippen LogP contribution >= 0.6 is 0 Å². The number of hydrogen-bond donors (Lipinski definition) is 1. The Kier molecular flexibility index (Phi) is 8.25. The third-order valence-electron chi connectivity index (χ3n) is 2.39. The molecule has 0 radical (unpaired) electrons. The Bertz CT molecular complexity index is 434. The van der Waals surface area contributed by atoms with E-state index < -0.39 is 12.0 Å². The fraction of sp³-hybridized carbons (Fsp3) is 0.143. The topological polar surface area (TPSA) is 57.6 Å². The van der Waals surface area contributed by atoms with Crippen molar-refractivity contribution < 1.29 is 31.8 Å². The summed E-state index contributed by atoms with van der Waals surface area (Å²) in [4.78, 5) is 22.4. The van der Waals surface area contributed by atoms with Crippen LogP contribution in [0, 0.1) is 0 Å². The van der Waals surface area contributed by atoms with Crippen molar-refractivity contribution in [1.82, 2.24) is 0 Å². The number of carbonyl (C=O) groups excluding carboxylic acids is 1. The molecule has 0 unspecified atom stereocenters. The first-order valence-corrected chi connectivity index (χ1v) is 5.51. The molecule has 5 heteroatoms. The minimum Gasteiger partial charge on any atom is -0.480 e. The first-order chi connectivity index (χ1) is 8.66. The Hall–Kier alpha value is -1.84. The van der Waals surface area contributed by atoms with E-state index in [9.17, 15) is 9.59 Å². The van der Waals surface area contributed by atoms with Gasteiger partial charge >= 0.3 is 23.0 Å². The summed E-state index contributed by atoms with van der Waals surface area (Å²) in [5.41, 5.74) is 0.602. The number of carboxylic acids is 1. The van der Waals surface area contributed by atoms with Crippen LogP contribution in [0.3, 0.4) is 0 Å². The number of hydrogen-bond acceptors (Lipinski definition) is 2. The number of aliphatic carboxylic acids is 1. The van der Waals surface area contributed by atoms with Gasteiger partial charge in [-0.2, -0.15) is 30.3 Å². The van der Waals surface area contributed by atoms with Gasteiger partial charge in [-0.25, -0.2) is 12.1 Å². The minimum atomic E-state index is -1.02. The molecule has 0 aliphatic carbocycles. The first kappa shape index (κ1) is 17.2. The van der Waals surface area contributed by atoms with Gasteiger partial charge < -0.3 is 14.8 Å². The van der Waals surface area contributed by atoms with Crippen LogP contribution in [-0.2, 0) is 26.7 Å². The third-order valence-corrected chi connectivity index (χ3v) is 2.39. The zero-order valence-electron chi connectivity index (χ0n) is 10.4. The number of amides is 1. The number of nitrogens with zero attached hydrogens (tertiary/aromatic N) is 1. The maximum Gasteiger partial charge on any atom is 2.00 e. The molecule has 0 aromatic heterocycles. The second kappa shape index (κ2) is 9.14. The Morgan fingerprint density at radius 1 is 1.26 bits per heavy atom. The average Bonchev–Trinajstić information content (AvgIpc) is 3.05. The third kappa shape index (κ3) is 5.55. The van der Waals surface area contributed by atoms with Gasteiger partial charge in [-0.15, -0.1) is 12.1 Å². The van der Waals surface area contributed by atoms with Crippen LogP contribution < -0.4 is 4.90 Å². The van der Waals surface area contributed by atoms with Crippen molar-refractivity contribution >= 4 is 18.1 Å². The van der Waals surface area contributed by atoms with Crippen molar-refractivity contribution in [3.8, 4) is 0 Å². The van der Waals surface area contributed by atoms with Crippen LogP contribution in [0.15, 0.2) is 54.6 Å². The molecule has 19 heavy (non-hydrogen) atoms. The molecule has 102 valence electrons. The molecule has 2 rings (SSSR count). The summed E-state index contributed by atoms with van der Waals surface area (Å²) < 4.78 is 0. The average molecular weight is 301 g/mol. The fourth-order valence-corrected chi connectivity index (χ4v) is 1.35. The summed E-state index contributed by atoms with van der Waals surface area (Å²) in [6.07, 6.45) is 0.522. The van der Waals surface area contributed by atoms with Gasteiger partial charge in [0.05, 0.1) is 0 Å². The molecule has 0 fully saturated rings. The van der Waals surface area contributed by atoms with Crippen LogP contribution in [0.5, 0.6) is 0 Å². The monoisotopic (exact) mass is 301 g/mol. The van der Waals surface area contributed by atoms with Crippen LogP contribution in [0.25, 0.3) is 0 Å². The van der Waals surface area contributed by atoms with Gasteiger partial charge in [0.2, 0.25) is 0 Å². The van der Waals surface area contributed by atoms with E-state index in [2.05, 4.69) is 0 Å². The number of anilines is 1. The summed E-state index contributed by atoms with van der Waals surface area (Å²) in [7, 11) is 0. The maximum atomic E-state index is 10.6. The molecule has 0 bridgehead atoms. The maximum absolute atomic E-state index is 10.6. The van der Waals surface area contributed by atoms with Gasteiger partial charge in [-0.1, -0.05) is 0 Å². The standard InChI is InChI=1S/C9H10NO3.C5H5.Fe/c1-7(9(12)13)10(6-11)8-4-2-3-5-8;1-2-4-5-3-1;/h2-7H,1H3,(H,12,13);1-5H;/q2*-1;+2/t7-;;/m0../s1. The quantitative estimate of drug-likeness (QED) is 0.535. The summed E-state index contributed by atoms with van der Waals surface area (Å²) >= 11 is 0. The molecule has 2 aromatic carbocycles. The van der Waals surface area contributed by atoms with Crippen molar-refractivity contribution in [1.29, 1.82) is 0 Å². The van der Waals surface area contributed by atoms with Gasteiger partial charge in [0, 0.05) is 0 Å². The van der Waals surface area contributed by atoms with Crippen molar-refractivity contribution in [3.05, 3.63) is 54.6 Å². The second-order valence-electron chi connectivity index (χ2n) is 3.63. The van der Waals surface area contributed by atoms with E-state index in [4.69, 9.17) is 5.11 Å². The van der Waals surface area contributed by atoms with E-state index in [1.54, 1.807) is 24.3 Å². The molecule has 0 saturated carbocycles. The largest absolute Gasteiger partial charge is 2.00 e. The molecule has 0 heterocycles. The molecule has 2 aromatic rings. The van der Waals surface area contributed by atoms with Gasteiger partial charge in [-0.3, -0.25) is 4.79 Å². The van der Waals surface area contributed by atoms with E-state index in [-0.39, 0.29) is 17.1 Å². The summed E-state index contributed by atoms with van der Waals surface area (Å²) in [6.45, 7) is 1.46. The molecular formula is C14H15FeNO3. The van der Waals surface area contributed by atoms with Crippen molar-refractivity contribution in [2.24, 2.45) is 0 Å². The molecule has 4 nitrogen and oxygen atoms in total. The Morgan fingerprint density at radius 2 is 1.79 bits per heavy atom. The Morgan fingerprint density at radius 3 is 2.11 bits per heavy atom. The molecule has 0 aliphatic heterocycles. The van der Waals surface area contributed by atoms with Gasteiger partial charge in [0.25, 0.3) is 0 Å². The summed E-state index contributed by atoms with van der Waals surface area (Å²) in [6, 6.07) is 16.0. The van der Waals surface area contributed by atoms with E-state index in [1.807, 2.05) is 30.3 Å². The Labute approximate surface area is 122 Å². The van der Waals surface area contributed by atoms with Crippen LogP contribution in [0.2, 0.25) is 0 Å². The van der Waals surface area contributed by atoms with Gasteiger partial charge in [0.15, 0.2) is 0 Å². The van der Waals surface area contributed by atoms with Crippen LogP contribution in [0.1, 0.15) is 6.92 Å². The second-order valence-corrected chi connectivity index (χ2v) is 3.63. The number of carboxylic acid groups (broad SMARTS) is 1. The fourth-order valence-electron chi connectivity index (χ4n) is 1.35. The molecular weight excluding hydrogens is 286 g/mol.